The fraction of sp³-hybridized carbons (Fsp3) is 0.857. The van der Waals surface area contributed by atoms with Crippen LogP contribution in [0.2, 0.25) is 0 Å². The van der Waals surface area contributed by atoms with Gasteiger partial charge in [0, 0.05) is 13.1 Å². The molecule has 0 aromatic carbocycles. The van der Waals surface area contributed by atoms with Crippen LogP contribution >= 0.6 is 0 Å². The van der Waals surface area contributed by atoms with Crippen molar-refractivity contribution >= 4 is 11.8 Å². The molecule has 2 amide bonds. The Morgan fingerprint density at radius 1 is 1.37 bits per heavy atom. The van der Waals surface area contributed by atoms with Crippen LogP contribution in [-0.4, -0.2) is 48.9 Å². The summed E-state index contributed by atoms with van der Waals surface area (Å²) in [4.78, 5) is 25.6. The first kappa shape index (κ1) is 14.3. The molecule has 1 heterocycles. The Bertz CT molecular complexity index is 357. The third-order valence-corrected chi connectivity index (χ3v) is 4.22. The van der Waals surface area contributed by atoms with E-state index in [4.69, 9.17) is 0 Å². The van der Waals surface area contributed by atoms with Crippen LogP contribution in [0.5, 0.6) is 0 Å². The van der Waals surface area contributed by atoms with Crippen LogP contribution < -0.4 is 10.6 Å². The van der Waals surface area contributed by atoms with Crippen molar-refractivity contribution in [1.29, 1.82) is 0 Å². The van der Waals surface area contributed by atoms with Crippen molar-refractivity contribution < 1.29 is 9.59 Å². The van der Waals surface area contributed by atoms with Crippen LogP contribution in [-0.2, 0) is 9.59 Å². The molecule has 0 aromatic rings. The second kappa shape index (κ2) is 5.90. The molecular formula is C14H25N3O2. The molecular weight excluding hydrogens is 242 g/mol. The van der Waals surface area contributed by atoms with E-state index in [1.807, 2.05) is 13.8 Å². The zero-order valence-corrected chi connectivity index (χ0v) is 12.1. The van der Waals surface area contributed by atoms with Crippen LogP contribution in [0.1, 0.15) is 33.1 Å². The van der Waals surface area contributed by atoms with Gasteiger partial charge < -0.3 is 15.5 Å². The van der Waals surface area contributed by atoms with Crippen LogP contribution in [0.15, 0.2) is 0 Å². The van der Waals surface area contributed by atoms with Crippen LogP contribution in [0.3, 0.4) is 0 Å². The summed E-state index contributed by atoms with van der Waals surface area (Å²) in [5.41, 5.74) is 0. The Labute approximate surface area is 115 Å². The lowest BCUT2D eigenvalue weighted by Crippen LogP contribution is -2.48. The van der Waals surface area contributed by atoms with Crippen LogP contribution in [0.25, 0.3) is 0 Å². The molecule has 5 nitrogen and oxygen atoms in total. The lowest BCUT2D eigenvalue weighted by Gasteiger charge is -2.24. The fourth-order valence-electron chi connectivity index (χ4n) is 3.36. The maximum absolute atomic E-state index is 12.4. The zero-order chi connectivity index (χ0) is 14.0. The molecule has 3 unspecified atom stereocenters. The third kappa shape index (κ3) is 3.26. The highest BCUT2D eigenvalue weighted by Crippen LogP contribution is 2.38. The van der Waals surface area contributed by atoms with E-state index >= 15 is 0 Å². The quantitative estimate of drug-likeness (QED) is 0.773. The summed E-state index contributed by atoms with van der Waals surface area (Å²) in [6.45, 7) is 4.93. The van der Waals surface area contributed by atoms with E-state index in [1.54, 1.807) is 11.9 Å². The number of fused-ring (bicyclic) bond motifs is 1. The molecule has 3 atom stereocenters. The van der Waals surface area contributed by atoms with Gasteiger partial charge in [0.15, 0.2) is 0 Å². The van der Waals surface area contributed by atoms with Crippen molar-refractivity contribution in [2.75, 3.05) is 20.1 Å². The normalized spacial score (nSPS) is 29.4. The van der Waals surface area contributed by atoms with Gasteiger partial charge in [-0.25, -0.2) is 0 Å². The Kier molecular flexibility index (Phi) is 4.45. The number of likely N-dealkylation sites (N-methyl/N-ethyl adjacent to an activating group) is 1. The highest BCUT2D eigenvalue weighted by molar-refractivity contribution is 5.87. The van der Waals surface area contributed by atoms with E-state index < -0.39 is 0 Å². The van der Waals surface area contributed by atoms with Gasteiger partial charge in [0.1, 0.15) is 0 Å². The molecule has 1 saturated heterocycles. The van der Waals surface area contributed by atoms with Crippen molar-refractivity contribution in [2.24, 2.45) is 11.8 Å². The first-order chi connectivity index (χ1) is 8.99. The summed E-state index contributed by atoms with van der Waals surface area (Å²) in [7, 11) is 1.71. The highest BCUT2D eigenvalue weighted by atomic mass is 16.2. The average molecular weight is 267 g/mol. The van der Waals surface area contributed by atoms with Crippen molar-refractivity contribution in [1.82, 2.24) is 15.5 Å². The molecule has 1 aliphatic heterocycles. The highest BCUT2D eigenvalue weighted by Gasteiger charge is 2.43. The van der Waals surface area contributed by atoms with E-state index in [0.717, 1.165) is 13.0 Å². The molecule has 0 radical (unpaired) electrons. The van der Waals surface area contributed by atoms with Gasteiger partial charge in [0.05, 0.1) is 12.6 Å². The number of hydrogen-bond acceptors (Lipinski definition) is 3. The van der Waals surface area contributed by atoms with Gasteiger partial charge in [0.2, 0.25) is 11.8 Å². The monoisotopic (exact) mass is 267 g/mol. The molecule has 0 bridgehead atoms. The number of carbonyl (C=O) groups is 2. The smallest absolute Gasteiger partial charge is 0.240 e. The van der Waals surface area contributed by atoms with Crippen LogP contribution in [0, 0.1) is 11.8 Å². The molecule has 2 N–H and O–H groups in total. The molecule has 1 aliphatic carbocycles. The standard InChI is InChI=1S/C14H25N3O2/c1-9(2)16-12(18)8-17(3)14(19)13-11-6-4-5-10(11)7-15-13/h9-11,13,15H,4-8H2,1-3H3,(H,16,18). The molecule has 0 aromatic heterocycles. The summed E-state index contributed by atoms with van der Waals surface area (Å²) in [6.07, 6.45) is 3.61. The number of amides is 2. The largest absolute Gasteiger partial charge is 0.352 e. The topological polar surface area (TPSA) is 61.4 Å². The van der Waals surface area contributed by atoms with Gasteiger partial charge in [0.25, 0.3) is 0 Å². The minimum atomic E-state index is -0.0909. The summed E-state index contributed by atoms with van der Waals surface area (Å²) in [6, 6.07) is 0.0316. The zero-order valence-electron chi connectivity index (χ0n) is 12.1. The van der Waals surface area contributed by atoms with E-state index in [9.17, 15) is 9.59 Å². The fourth-order valence-corrected chi connectivity index (χ4v) is 3.36. The van der Waals surface area contributed by atoms with E-state index in [2.05, 4.69) is 10.6 Å². The van der Waals surface area contributed by atoms with Gasteiger partial charge in [-0.2, -0.15) is 0 Å². The second-order valence-corrected chi connectivity index (χ2v) is 6.16. The number of carbonyl (C=O) groups excluding carboxylic acids is 2. The lowest BCUT2D eigenvalue weighted by atomic mass is 9.93. The lowest BCUT2D eigenvalue weighted by molar-refractivity contribution is -0.137. The first-order valence-electron chi connectivity index (χ1n) is 7.26. The minimum absolute atomic E-state index is 0.0632. The molecule has 2 fully saturated rings. The maximum Gasteiger partial charge on any atom is 0.240 e. The molecule has 2 aliphatic rings. The number of nitrogens with zero attached hydrogens (tertiary/aromatic N) is 1. The first-order valence-corrected chi connectivity index (χ1v) is 7.26. The molecule has 1 saturated carbocycles. The SMILES string of the molecule is CC(C)NC(=O)CN(C)C(=O)C1NCC2CCCC21. The molecule has 2 rings (SSSR count). The van der Waals surface area contributed by atoms with E-state index in [-0.39, 0.29) is 30.4 Å². The molecule has 108 valence electrons. The summed E-state index contributed by atoms with van der Waals surface area (Å²) < 4.78 is 0. The Morgan fingerprint density at radius 2 is 2.11 bits per heavy atom. The maximum atomic E-state index is 12.4. The van der Waals surface area contributed by atoms with Crippen molar-refractivity contribution in [3.63, 3.8) is 0 Å². The van der Waals surface area contributed by atoms with Crippen LogP contribution in [0.4, 0.5) is 0 Å². The van der Waals surface area contributed by atoms with Gasteiger partial charge in [-0.3, -0.25) is 9.59 Å². The van der Waals surface area contributed by atoms with Crippen molar-refractivity contribution in [3.05, 3.63) is 0 Å². The molecule has 0 spiro atoms. The summed E-state index contributed by atoms with van der Waals surface area (Å²) >= 11 is 0. The summed E-state index contributed by atoms with van der Waals surface area (Å²) in [5.74, 6) is 1.11. The van der Waals surface area contributed by atoms with E-state index in [0.29, 0.717) is 11.8 Å². The van der Waals surface area contributed by atoms with Gasteiger partial charge in [-0.15, -0.1) is 0 Å². The minimum Gasteiger partial charge on any atom is -0.352 e. The number of hydrogen-bond donors (Lipinski definition) is 2. The Balaban J connectivity index is 1.87. The van der Waals surface area contributed by atoms with E-state index in [1.165, 1.54) is 12.8 Å². The Hall–Kier alpha value is -1.10. The van der Waals surface area contributed by atoms with Crippen molar-refractivity contribution in [2.45, 2.75) is 45.2 Å². The number of nitrogens with one attached hydrogen (secondary N) is 2. The molecule has 19 heavy (non-hydrogen) atoms. The average Bonchev–Trinajstić information content (AvgIpc) is 2.87. The van der Waals surface area contributed by atoms with Gasteiger partial charge in [-0.05, 0) is 45.1 Å². The molecule has 5 heteroatoms. The van der Waals surface area contributed by atoms with Crippen molar-refractivity contribution in [3.8, 4) is 0 Å². The number of rotatable bonds is 4. The Morgan fingerprint density at radius 3 is 2.79 bits per heavy atom. The second-order valence-electron chi connectivity index (χ2n) is 6.16. The predicted octanol–water partition coefficient (Wildman–Crippen LogP) is 0.358. The third-order valence-electron chi connectivity index (χ3n) is 4.22. The predicted molar refractivity (Wildman–Crippen MR) is 73.5 cm³/mol. The van der Waals surface area contributed by atoms with Gasteiger partial charge in [-0.1, -0.05) is 6.42 Å². The van der Waals surface area contributed by atoms with Gasteiger partial charge >= 0.3 is 0 Å². The summed E-state index contributed by atoms with van der Waals surface area (Å²) in [5, 5.41) is 6.14.